The van der Waals surface area contributed by atoms with Crippen LogP contribution >= 0.6 is 11.8 Å². The zero-order valence-corrected chi connectivity index (χ0v) is 20.3. The van der Waals surface area contributed by atoms with Gasteiger partial charge in [-0.3, -0.25) is 4.90 Å². The number of furan rings is 1. The number of urea groups is 1. The maximum Gasteiger partial charge on any atom is 0.322 e. The van der Waals surface area contributed by atoms with Gasteiger partial charge in [-0.1, -0.05) is 17.3 Å². The molecular formula is C26H24N4O4S. The molecule has 0 spiro atoms. The summed E-state index contributed by atoms with van der Waals surface area (Å²) >= 11 is 1.66. The number of rotatable bonds is 7. The smallest absolute Gasteiger partial charge is 0.322 e. The Kier molecular flexibility index (Phi) is 6.33. The summed E-state index contributed by atoms with van der Waals surface area (Å²) in [6.07, 6.45) is 3.62. The van der Waals surface area contributed by atoms with Crippen LogP contribution in [0.3, 0.4) is 0 Å². The van der Waals surface area contributed by atoms with Crippen LogP contribution in [0.5, 0.6) is 5.75 Å². The van der Waals surface area contributed by atoms with Crippen LogP contribution in [0.1, 0.15) is 30.2 Å². The third-order valence-electron chi connectivity index (χ3n) is 5.94. The third-order valence-corrected chi connectivity index (χ3v) is 6.69. The van der Waals surface area contributed by atoms with E-state index in [0.29, 0.717) is 23.2 Å². The van der Waals surface area contributed by atoms with Crippen molar-refractivity contribution < 1.29 is 18.5 Å². The summed E-state index contributed by atoms with van der Waals surface area (Å²) in [6, 6.07) is 18.5. The molecule has 8 nitrogen and oxygen atoms in total. The molecule has 1 unspecified atom stereocenters. The zero-order chi connectivity index (χ0) is 24.4. The number of amides is 2. The Bertz CT molecular complexity index is 1350. The number of nitrogens with zero attached hydrogens (tertiary/aromatic N) is 3. The van der Waals surface area contributed by atoms with Gasteiger partial charge in [-0.05, 0) is 67.3 Å². The van der Waals surface area contributed by atoms with Crippen molar-refractivity contribution in [3.8, 4) is 17.1 Å². The summed E-state index contributed by atoms with van der Waals surface area (Å²) in [5.74, 6) is 2.21. The van der Waals surface area contributed by atoms with E-state index in [9.17, 15) is 4.79 Å². The number of allylic oxidation sites excluding steroid dienone is 1. The van der Waals surface area contributed by atoms with E-state index < -0.39 is 6.04 Å². The minimum Gasteiger partial charge on any atom is -0.497 e. The van der Waals surface area contributed by atoms with Crippen molar-refractivity contribution in [2.45, 2.75) is 24.4 Å². The van der Waals surface area contributed by atoms with E-state index in [-0.39, 0.29) is 12.6 Å². The summed E-state index contributed by atoms with van der Waals surface area (Å²) in [6.45, 7) is 2.17. The first-order valence-corrected chi connectivity index (χ1v) is 12.2. The normalized spacial score (nSPS) is 15.9. The van der Waals surface area contributed by atoms with Crippen molar-refractivity contribution in [3.05, 3.63) is 89.8 Å². The Morgan fingerprint density at radius 3 is 2.54 bits per heavy atom. The van der Waals surface area contributed by atoms with Crippen molar-refractivity contribution in [2.75, 3.05) is 13.4 Å². The Morgan fingerprint density at radius 1 is 1.11 bits per heavy atom. The average Bonchev–Trinajstić information content (AvgIpc) is 3.59. The number of ether oxygens (including phenoxy) is 1. The number of aromatic nitrogens is 2. The van der Waals surface area contributed by atoms with Gasteiger partial charge in [-0.25, -0.2) is 4.79 Å². The molecule has 4 aromatic rings. The van der Waals surface area contributed by atoms with Crippen LogP contribution in [0.4, 0.5) is 4.79 Å². The SMILES string of the molecule is COc1ccc(-c2noc(C3=C(C)N(Cc4ccco4)C(=O)NC3c3ccc(SC)cc3)n2)cc1. The molecule has 3 heterocycles. The summed E-state index contributed by atoms with van der Waals surface area (Å²) < 4.78 is 16.5. The largest absolute Gasteiger partial charge is 0.497 e. The standard InChI is InChI=1S/C26H24N4O4S/c1-16-22(25-28-24(29-34-25)18-6-10-19(32-2)11-7-18)23(17-8-12-21(35-3)13-9-17)27-26(31)30(16)15-20-5-4-14-33-20/h4-14,23H,15H2,1-3H3,(H,27,31). The van der Waals surface area contributed by atoms with Gasteiger partial charge in [0, 0.05) is 16.2 Å². The van der Waals surface area contributed by atoms with Crippen LogP contribution in [0, 0.1) is 0 Å². The van der Waals surface area contributed by atoms with Crippen molar-refractivity contribution in [2.24, 2.45) is 0 Å². The summed E-state index contributed by atoms with van der Waals surface area (Å²) in [5, 5.41) is 7.32. The highest BCUT2D eigenvalue weighted by Gasteiger charge is 2.36. The lowest BCUT2D eigenvalue weighted by Gasteiger charge is -2.34. The molecule has 5 rings (SSSR count). The predicted octanol–water partition coefficient (Wildman–Crippen LogP) is 5.76. The average molecular weight is 489 g/mol. The van der Waals surface area contributed by atoms with Gasteiger partial charge in [-0.2, -0.15) is 4.98 Å². The second kappa shape index (κ2) is 9.71. The second-order valence-electron chi connectivity index (χ2n) is 7.97. The van der Waals surface area contributed by atoms with Gasteiger partial charge >= 0.3 is 6.03 Å². The molecule has 178 valence electrons. The minimum absolute atomic E-state index is 0.225. The molecule has 2 aromatic heterocycles. The Balaban J connectivity index is 1.57. The topological polar surface area (TPSA) is 93.6 Å². The van der Waals surface area contributed by atoms with Crippen molar-refractivity contribution in [1.82, 2.24) is 20.4 Å². The number of hydrogen-bond donors (Lipinski definition) is 1. The summed E-state index contributed by atoms with van der Waals surface area (Å²) in [4.78, 5) is 20.6. The Morgan fingerprint density at radius 2 is 1.89 bits per heavy atom. The molecule has 0 aliphatic carbocycles. The van der Waals surface area contributed by atoms with Gasteiger partial charge in [0.2, 0.25) is 5.82 Å². The molecule has 1 aliphatic heterocycles. The van der Waals surface area contributed by atoms with Gasteiger partial charge in [-0.15, -0.1) is 11.8 Å². The number of carbonyl (C=O) groups is 1. The molecule has 0 bridgehead atoms. The quantitative estimate of drug-likeness (QED) is 0.331. The van der Waals surface area contributed by atoms with Crippen LogP contribution in [0.25, 0.3) is 17.0 Å². The maximum absolute atomic E-state index is 13.2. The first-order chi connectivity index (χ1) is 17.1. The monoisotopic (exact) mass is 488 g/mol. The predicted molar refractivity (Wildman–Crippen MR) is 133 cm³/mol. The zero-order valence-electron chi connectivity index (χ0n) is 19.5. The minimum atomic E-state index is -0.449. The van der Waals surface area contributed by atoms with Crippen molar-refractivity contribution >= 4 is 23.4 Å². The van der Waals surface area contributed by atoms with Gasteiger partial charge < -0.3 is 19.0 Å². The Labute approximate surface area is 207 Å². The first kappa shape index (κ1) is 22.8. The van der Waals surface area contributed by atoms with E-state index in [1.807, 2.05) is 67.8 Å². The maximum atomic E-state index is 13.2. The molecule has 2 amide bonds. The highest BCUT2D eigenvalue weighted by molar-refractivity contribution is 7.98. The molecule has 1 N–H and O–H groups in total. The van der Waals surface area contributed by atoms with Crippen LogP contribution in [0.2, 0.25) is 0 Å². The molecular weight excluding hydrogens is 464 g/mol. The number of methoxy groups -OCH3 is 1. The van der Waals surface area contributed by atoms with Crippen LogP contribution in [-0.2, 0) is 6.54 Å². The number of benzene rings is 2. The fourth-order valence-corrected chi connectivity index (χ4v) is 4.45. The number of thioether (sulfide) groups is 1. The van der Waals surface area contributed by atoms with E-state index in [1.165, 1.54) is 0 Å². The molecule has 1 aliphatic rings. The van der Waals surface area contributed by atoms with E-state index in [0.717, 1.165) is 27.3 Å². The van der Waals surface area contributed by atoms with E-state index in [2.05, 4.69) is 10.5 Å². The van der Waals surface area contributed by atoms with E-state index in [1.54, 1.807) is 36.1 Å². The van der Waals surface area contributed by atoms with Gasteiger partial charge in [0.05, 0.1) is 31.5 Å². The molecule has 0 saturated carbocycles. The fraction of sp³-hybridized carbons (Fsp3) is 0.192. The van der Waals surface area contributed by atoms with Crippen molar-refractivity contribution in [1.29, 1.82) is 0 Å². The van der Waals surface area contributed by atoms with Gasteiger partial charge in [0.25, 0.3) is 5.89 Å². The lowest BCUT2D eigenvalue weighted by Crippen LogP contribution is -2.45. The molecule has 0 radical (unpaired) electrons. The van der Waals surface area contributed by atoms with E-state index in [4.69, 9.17) is 18.7 Å². The van der Waals surface area contributed by atoms with Gasteiger partial charge in [0.15, 0.2) is 0 Å². The molecule has 1 atom stereocenters. The molecule has 35 heavy (non-hydrogen) atoms. The lowest BCUT2D eigenvalue weighted by molar-refractivity contribution is 0.199. The molecule has 0 saturated heterocycles. The van der Waals surface area contributed by atoms with Crippen LogP contribution in [0.15, 0.2) is 86.5 Å². The van der Waals surface area contributed by atoms with Crippen molar-refractivity contribution in [3.63, 3.8) is 0 Å². The number of nitrogens with one attached hydrogen (secondary N) is 1. The molecule has 9 heteroatoms. The summed E-state index contributed by atoms with van der Waals surface area (Å²) in [7, 11) is 1.62. The fourth-order valence-electron chi connectivity index (χ4n) is 4.04. The molecule has 2 aromatic carbocycles. The number of carbonyl (C=O) groups excluding carboxylic acids is 1. The number of hydrogen-bond acceptors (Lipinski definition) is 7. The highest BCUT2D eigenvalue weighted by Crippen LogP contribution is 2.38. The second-order valence-corrected chi connectivity index (χ2v) is 8.85. The van der Waals surface area contributed by atoms with E-state index >= 15 is 0 Å². The Hall–Kier alpha value is -3.98. The summed E-state index contributed by atoms with van der Waals surface area (Å²) in [5.41, 5.74) is 3.17. The molecule has 0 fully saturated rings. The lowest BCUT2D eigenvalue weighted by atomic mass is 9.94. The van der Waals surface area contributed by atoms with Crippen LogP contribution < -0.4 is 10.1 Å². The van der Waals surface area contributed by atoms with Crippen LogP contribution in [-0.4, -0.2) is 34.4 Å². The third kappa shape index (κ3) is 4.54. The van der Waals surface area contributed by atoms with Gasteiger partial charge in [0.1, 0.15) is 11.5 Å². The first-order valence-electron chi connectivity index (χ1n) is 11.0. The highest BCUT2D eigenvalue weighted by atomic mass is 32.2.